The smallest absolute Gasteiger partial charge is 0.240 e. The van der Waals surface area contributed by atoms with E-state index >= 15 is 0 Å². The molecule has 8 heteroatoms. The second-order valence-electron chi connectivity index (χ2n) is 7.33. The van der Waals surface area contributed by atoms with Crippen LogP contribution in [0.3, 0.4) is 0 Å². The van der Waals surface area contributed by atoms with Crippen molar-refractivity contribution in [3.63, 3.8) is 0 Å². The van der Waals surface area contributed by atoms with Crippen molar-refractivity contribution in [2.75, 3.05) is 33.3 Å². The average molecular weight is 397 g/mol. The standard InChI is InChI=1S/C21H27N5O3/c1-3-25-13-16(17-6-4-5-7-18(17)25)12-21(27)26-10-8-24(9-11-26)14-20-22-19(15-28-2)23-29-20/h4-7,13H,3,8-12,14-15H2,1-2H3. The third kappa shape index (κ3) is 4.33. The molecule has 2 aromatic heterocycles. The van der Waals surface area contributed by atoms with Crippen LogP contribution in [0.15, 0.2) is 35.0 Å². The Morgan fingerprint density at radius 3 is 2.76 bits per heavy atom. The molecule has 1 fully saturated rings. The van der Waals surface area contributed by atoms with Gasteiger partial charge in [0.25, 0.3) is 0 Å². The van der Waals surface area contributed by atoms with Gasteiger partial charge in [0.05, 0.1) is 13.0 Å². The fraction of sp³-hybridized carbons (Fsp3) is 0.476. The number of hydrogen-bond donors (Lipinski definition) is 0. The van der Waals surface area contributed by atoms with Gasteiger partial charge < -0.3 is 18.7 Å². The molecule has 0 aliphatic carbocycles. The quantitative estimate of drug-likeness (QED) is 0.608. The first-order valence-electron chi connectivity index (χ1n) is 10.0. The zero-order valence-corrected chi connectivity index (χ0v) is 17.0. The number of para-hydroxylation sites is 1. The molecule has 0 unspecified atom stereocenters. The van der Waals surface area contributed by atoms with Crippen molar-refractivity contribution in [3.8, 4) is 0 Å². The van der Waals surface area contributed by atoms with Gasteiger partial charge in [-0.15, -0.1) is 0 Å². The van der Waals surface area contributed by atoms with E-state index in [4.69, 9.17) is 9.26 Å². The number of nitrogens with zero attached hydrogens (tertiary/aromatic N) is 5. The van der Waals surface area contributed by atoms with Crippen molar-refractivity contribution in [1.29, 1.82) is 0 Å². The molecule has 0 bridgehead atoms. The number of amides is 1. The molecular weight excluding hydrogens is 370 g/mol. The molecule has 1 aromatic carbocycles. The summed E-state index contributed by atoms with van der Waals surface area (Å²) in [6, 6.07) is 8.29. The van der Waals surface area contributed by atoms with Crippen LogP contribution in [0.1, 0.15) is 24.2 Å². The van der Waals surface area contributed by atoms with E-state index < -0.39 is 0 Å². The fourth-order valence-electron chi connectivity index (χ4n) is 3.89. The summed E-state index contributed by atoms with van der Waals surface area (Å²) in [7, 11) is 1.60. The highest BCUT2D eigenvalue weighted by molar-refractivity contribution is 5.89. The molecule has 0 radical (unpaired) electrons. The van der Waals surface area contributed by atoms with Crippen molar-refractivity contribution < 1.29 is 14.1 Å². The van der Waals surface area contributed by atoms with Crippen LogP contribution in [0.2, 0.25) is 0 Å². The van der Waals surface area contributed by atoms with Crippen LogP contribution in [-0.2, 0) is 35.6 Å². The molecule has 1 aliphatic rings. The van der Waals surface area contributed by atoms with Crippen LogP contribution >= 0.6 is 0 Å². The number of rotatable bonds is 7. The Kier molecular flexibility index (Phi) is 5.92. The fourth-order valence-corrected chi connectivity index (χ4v) is 3.89. The minimum Gasteiger partial charge on any atom is -0.377 e. The normalized spacial score (nSPS) is 15.3. The number of hydrogen-bond acceptors (Lipinski definition) is 6. The summed E-state index contributed by atoms with van der Waals surface area (Å²) in [6.07, 6.45) is 2.56. The third-order valence-electron chi connectivity index (χ3n) is 5.42. The maximum atomic E-state index is 12.9. The van der Waals surface area contributed by atoms with Crippen molar-refractivity contribution in [1.82, 2.24) is 24.5 Å². The van der Waals surface area contributed by atoms with Crippen molar-refractivity contribution in [2.24, 2.45) is 0 Å². The van der Waals surface area contributed by atoms with E-state index in [0.29, 0.717) is 44.4 Å². The number of benzene rings is 1. The molecule has 0 N–H and O–H groups in total. The Morgan fingerprint density at radius 1 is 1.21 bits per heavy atom. The predicted molar refractivity (Wildman–Crippen MR) is 108 cm³/mol. The van der Waals surface area contributed by atoms with Gasteiger partial charge in [0.1, 0.15) is 6.61 Å². The highest BCUT2D eigenvalue weighted by atomic mass is 16.5. The number of carbonyl (C=O) groups is 1. The van der Waals surface area contributed by atoms with Gasteiger partial charge in [0.2, 0.25) is 11.8 Å². The number of aryl methyl sites for hydroxylation is 1. The monoisotopic (exact) mass is 397 g/mol. The number of carbonyl (C=O) groups excluding carboxylic acids is 1. The van der Waals surface area contributed by atoms with Crippen LogP contribution in [0.4, 0.5) is 0 Å². The Hall–Kier alpha value is -2.71. The first-order chi connectivity index (χ1) is 14.2. The highest BCUT2D eigenvalue weighted by Gasteiger charge is 2.23. The first kappa shape index (κ1) is 19.6. The number of ether oxygens (including phenoxy) is 1. The van der Waals surface area contributed by atoms with E-state index in [9.17, 15) is 4.79 Å². The van der Waals surface area contributed by atoms with E-state index in [2.05, 4.69) is 44.9 Å². The van der Waals surface area contributed by atoms with Crippen LogP contribution in [0.5, 0.6) is 0 Å². The molecule has 29 heavy (non-hydrogen) atoms. The minimum atomic E-state index is 0.184. The summed E-state index contributed by atoms with van der Waals surface area (Å²) < 4.78 is 12.5. The molecule has 1 aliphatic heterocycles. The van der Waals surface area contributed by atoms with Gasteiger partial charge >= 0.3 is 0 Å². The Morgan fingerprint density at radius 2 is 2.00 bits per heavy atom. The van der Waals surface area contributed by atoms with Crippen molar-refractivity contribution in [2.45, 2.75) is 33.0 Å². The summed E-state index contributed by atoms with van der Waals surface area (Å²) in [5.41, 5.74) is 2.29. The molecule has 8 nitrogen and oxygen atoms in total. The Balaban J connectivity index is 1.33. The summed E-state index contributed by atoms with van der Waals surface area (Å²) in [5.74, 6) is 1.33. The minimum absolute atomic E-state index is 0.184. The van der Waals surface area contributed by atoms with E-state index in [1.165, 1.54) is 10.9 Å². The van der Waals surface area contributed by atoms with Crippen molar-refractivity contribution >= 4 is 16.8 Å². The van der Waals surface area contributed by atoms with E-state index in [0.717, 1.165) is 25.2 Å². The number of methoxy groups -OCH3 is 1. The van der Waals surface area contributed by atoms with Crippen LogP contribution < -0.4 is 0 Å². The number of piperazine rings is 1. The average Bonchev–Trinajstić information content (AvgIpc) is 3.33. The lowest BCUT2D eigenvalue weighted by molar-refractivity contribution is -0.132. The lowest BCUT2D eigenvalue weighted by Crippen LogP contribution is -2.48. The summed E-state index contributed by atoms with van der Waals surface area (Å²) in [4.78, 5) is 21.4. The molecule has 0 atom stereocenters. The maximum absolute atomic E-state index is 12.9. The van der Waals surface area contributed by atoms with Gasteiger partial charge in [-0.3, -0.25) is 9.69 Å². The molecule has 0 spiro atoms. The van der Waals surface area contributed by atoms with Crippen LogP contribution in [0, 0.1) is 0 Å². The van der Waals surface area contributed by atoms with E-state index in [1.54, 1.807) is 7.11 Å². The topological polar surface area (TPSA) is 76.6 Å². The van der Waals surface area contributed by atoms with Gasteiger partial charge in [-0.25, -0.2) is 0 Å². The van der Waals surface area contributed by atoms with Crippen LogP contribution in [0.25, 0.3) is 10.9 Å². The number of aromatic nitrogens is 3. The van der Waals surface area contributed by atoms with Crippen LogP contribution in [-0.4, -0.2) is 63.7 Å². The molecule has 4 rings (SSSR count). The largest absolute Gasteiger partial charge is 0.377 e. The maximum Gasteiger partial charge on any atom is 0.240 e. The van der Waals surface area contributed by atoms with Gasteiger partial charge in [0.15, 0.2) is 5.82 Å². The summed E-state index contributed by atoms with van der Waals surface area (Å²) in [6.45, 7) is 6.99. The van der Waals surface area contributed by atoms with Gasteiger partial charge in [-0.2, -0.15) is 4.98 Å². The second kappa shape index (κ2) is 8.75. The molecule has 0 saturated carbocycles. The lowest BCUT2D eigenvalue weighted by Gasteiger charge is -2.34. The lowest BCUT2D eigenvalue weighted by atomic mass is 10.1. The summed E-state index contributed by atoms with van der Waals surface area (Å²) in [5, 5.41) is 5.06. The molecule has 3 heterocycles. The first-order valence-corrected chi connectivity index (χ1v) is 10.0. The second-order valence-corrected chi connectivity index (χ2v) is 7.33. The zero-order valence-electron chi connectivity index (χ0n) is 17.0. The molecular formula is C21H27N5O3. The Bertz CT molecular complexity index is 972. The molecule has 1 amide bonds. The predicted octanol–water partition coefficient (Wildman–Crippen LogP) is 2.08. The van der Waals surface area contributed by atoms with E-state index in [1.807, 2.05) is 17.0 Å². The highest BCUT2D eigenvalue weighted by Crippen LogP contribution is 2.22. The summed E-state index contributed by atoms with van der Waals surface area (Å²) >= 11 is 0. The zero-order chi connectivity index (χ0) is 20.2. The molecule has 3 aromatic rings. The van der Waals surface area contributed by atoms with Gasteiger partial charge in [0, 0.05) is 56.9 Å². The van der Waals surface area contributed by atoms with E-state index in [-0.39, 0.29) is 5.91 Å². The third-order valence-corrected chi connectivity index (χ3v) is 5.42. The van der Waals surface area contributed by atoms with Gasteiger partial charge in [-0.1, -0.05) is 23.4 Å². The molecule has 1 saturated heterocycles. The molecule has 154 valence electrons. The Labute approximate surface area is 170 Å². The van der Waals surface area contributed by atoms with Crippen molar-refractivity contribution in [3.05, 3.63) is 47.7 Å². The SMILES string of the molecule is CCn1cc(CC(=O)N2CCN(Cc3nc(COC)no3)CC2)c2ccccc21. The number of fused-ring (bicyclic) bond motifs is 1. The van der Waals surface area contributed by atoms with Gasteiger partial charge in [-0.05, 0) is 18.6 Å².